The monoisotopic (exact) mass is 268 g/mol. The minimum Gasteiger partial charge on any atom is -0.462 e. The Kier molecular flexibility index (Phi) is 9.55. The Bertz CT molecular complexity index is 222. The van der Waals surface area contributed by atoms with Crippen LogP contribution in [0.2, 0.25) is 0 Å². The van der Waals surface area contributed by atoms with Gasteiger partial charge in [0.2, 0.25) is 0 Å². The summed E-state index contributed by atoms with van der Waals surface area (Å²) in [7, 11) is 0. The van der Waals surface area contributed by atoms with Crippen LogP contribution in [0.15, 0.2) is 0 Å². The quantitative estimate of drug-likeness (QED) is 0.429. The van der Waals surface area contributed by atoms with Gasteiger partial charge >= 0.3 is 11.9 Å². The zero-order valence-corrected chi connectivity index (χ0v) is 10.6. The van der Waals surface area contributed by atoms with Crippen molar-refractivity contribution in [2.45, 2.75) is 18.9 Å². The second kappa shape index (κ2) is 9.80. The largest absolute Gasteiger partial charge is 0.462 e. The molecule has 1 unspecified atom stereocenters. The maximum absolute atomic E-state index is 11.0. The normalized spacial score (nSPS) is 11.9. The summed E-state index contributed by atoms with van der Waals surface area (Å²) in [6, 6.07) is 0. The second-order valence-corrected chi connectivity index (χ2v) is 3.82. The molecule has 0 aliphatic rings. The van der Waals surface area contributed by atoms with Crippen LogP contribution in [-0.4, -0.2) is 47.9 Å². The topological polar surface area (TPSA) is 72.8 Å². The van der Waals surface area contributed by atoms with Crippen molar-refractivity contribution in [2.75, 3.05) is 24.7 Å². The summed E-state index contributed by atoms with van der Waals surface area (Å²) in [4.78, 5) is 22.0. The lowest BCUT2D eigenvalue weighted by atomic mass is 10.4. The Morgan fingerprint density at radius 3 is 2.19 bits per heavy atom. The van der Waals surface area contributed by atoms with Crippen molar-refractivity contribution < 1.29 is 24.2 Å². The van der Waals surface area contributed by atoms with E-state index in [1.165, 1.54) is 0 Å². The highest BCUT2D eigenvalue weighted by Gasteiger charge is 2.15. The summed E-state index contributed by atoms with van der Waals surface area (Å²) >= 11 is 7.73. The molecule has 0 spiro atoms. The number of hydrogen-bond donors (Lipinski definition) is 3. The van der Waals surface area contributed by atoms with Gasteiger partial charge in [-0.2, -0.15) is 25.3 Å². The second-order valence-electron chi connectivity index (χ2n) is 2.92. The minimum atomic E-state index is -0.809. The van der Waals surface area contributed by atoms with Gasteiger partial charge in [0.25, 0.3) is 0 Å². The SMILES string of the molecule is O=C(CCS)OCC(CO)OC(=O)CCS. The zero-order chi connectivity index (χ0) is 12.4. The van der Waals surface area contributed by atoms with Crippen LogP contribution in [0.25, 0.3) is 0 Å². The van der Waals surface area contributed by atoms with Crippen LogP contribution < -0.4 is 0 Å². The van der Waals surface area contributed by atoms with Gasteiger partial charge in [0.15, 0.2) is 6.10 Å². The van der Waals surface area contributed by atoms with Crippen molar-refractivity contribution in [1.82, 2.24) is 0 Å². The van der Waals surface area contributed by atoms with Crippen LogP contribution in [0, 0.1) is 0 Å². The predicted octanol–water partition coefficient (Wildman–Crippen LogP) is 0.0735. The molecule has 0 fully saturated rings. The first kappa shape index (κ1) is 15.6. The Morgan fingerprint density at radius 2 is 1.69 bits per heavy atom. The first-order chi connectivity index (χ1) is 7.63. The number of rotatable bonds is 8. The van der Waals surface area contributed by atoms with E-state index in [0.717, 1.165) is 0 Å². The summed E-state index contributed by atoms with van der Waals surface area (Å²) in [5, 5.41) is 8.88. The van der Waals surface area contributed by atoms with E-state index in [2.05, 4.69) is 25.3 Å². The lowest BCUT2D eigenvalue weighted by Gasteiger charge is -2.15. The average molecular weight is 268 g/mol. The molecule has 7 heteroatoms. The van der Waals surface area contributed by atoms with Gasteiger partial charge in [-0.1, -0.05) is 0 Å². The number of hydrogen-bond acceptors (Lipinski definition) is 7. The third-order valence-electron chi connectivity index (χ3n) is 1.56. The molecule has 0 aliphatic heterocycles. The minimum absolute atomic E-state index is 0.137. The molecule has 0 amide bonds. The highest BCUT2D eigenvalue weighted by Crippen LogP contribution is 1.99. The highest BCUT2D eigenvalue weighted by atomic mass is 32.1. The zero-order valence-electron chi connectivity index (χ0n) is 8.79. The fourth-order valence-corrected chi connectivity index (χ4v) is 1.17. The molecule has 1 atom stereocenters. The fraction of sp³-hybridized carbons (Fsp3) is 0.778. The van der Waals surface area contributed by atoms with E-state index in [0.29, 0.717) is 11.5 Å². The maximum atomic E-state index is 11.0. The van der Waals surface area contributed by atoms with Crippen LogP contribution in [0.5, 0.6) is 0 Å². The van der Waals surface area contributed by atoms with E-state index in [9.17, 15) is 9.59 Å². The van der Waals surface area contributed by atoms with Gasteiger partial charge in [-0.25, -0.2) is 0 Å². The first-order valence-corrected chi connectivity index (χ1v) is 6.08. The number of carbonyl (C=O) groups excluding carboxylic acids is 2. The van der Waals surface area contributed by atoms with Crippen molar-refractivity contribution in [3.05, 3.63) is 0 Å². The average Bonchev–Trinajstić information content (AvgIpc) is 2.25. The molecule has 0 saturated heterocycles. The molecule has 1 N–H and O–H groups in total. The van der Waals surface area contributed by atoms with E-state index in [4.69, 9.17) is 14.6 Å². The summed E-state index contributed by atoms with van der Waals surface area (Å²) in [5.41, 5.74) is 0. The molecular weight excluding hydrogens is 252 g/mol. The van der Waals surface area contributed by atoms with Crippen molar-refractivity contribution in [2.24, 2.45) is 0 Å². The number of ether oxygens (including phenoxy) is 2. The van der Waals surface area contributed by atoms with Gasteiger partial charge in [-0.05, 0) is 0 Å². The Hall–Kier alpha value is -0.400. The van der Waals surface area contributed by atoms with Crippen LogP contribution in [0.1, 0.15) is 12.8 Å². The molecule has 0 radical (unpaired) electrons. The molecule has 0 saturated carbocycles. The van der Waals surface area contributed by atoms with E-state index >= 15 is 0 Å². The van der Waals surface area contributed by atoms with Crippen molar-refractivity contribution >= 4 is 37.2 Å². The number of carbonyl (C=O) groups is 2. The predicted molar refractivity (Wildman–Crippen MR) is 64.9 cm³/mol. The lowest BCUT2D eigenvalue weighted by Crippen LogP contribution is -2.28. The van der Waals surface area contributed by atoms with Crippen LogP contribution in [0.4, 0.5) is 0 Å². The van der Waals surface area contributed by atoms with Gasteiger partial charge in [0.05, 0.1) is 19.4 Å². The van der Waals surface area contributed by atoms with Gasteiger partial charge in [-0.15, -0.1) is 0 Å². The molecule has 0 aromatic rings. The maximum Gasteiger partial charge on any atom is 0.307 e. The Labute approximate surface area is 105 Å². The van der Waals surface area contributed by atoms with Gasteiger partial charge in [0, 0.05) is 11.5 Å². The highest BCUT2D eigenvalue weighted by molar-refractivity contribution is 7.80. The summed E-state index contributed by atoms with van der Waals surface area (Å²) in [6.45, 7) is -0.520. The third-order valence-corrected chi connectivity index (χ3v) is 2.01. The standard InChI is InChI=1S/C9H16O5S2/c10-5-7(14-9(12)2-4-16)6-13-8(11)1-3-15/h7,10,15-16H,1-6H2. The third kappa shape index (κ3) is 7.84. The molecule has 0 aliphatic carbocycles. The Balaban J connectivity index is 3.82. The lowest BCUT2D eigenvalue weighted by molar-refractivity contribution is -0.160. The van der Waals surface area contributed by atoms with Crippen LogP contribution >= 0.6 is 25.3 Å². The van der Waals surface area contributed by atoms with E-state index in [-0.39, 0.29) is 26.1 Å². The summed E-state index contributed by atoms with van der Waals surface area (Å²) in [5.74, 6) is -0.142. The van der Waals surface area contributed by atoms with Crippen molar-refractivity contribution in [3.63, 3.8) is 0 Å². The number of aliphatic hydroxyl groups excluding tert-OH is 1. The smallest absolute Gasteiger partial charge is 0.307 e. The van der Waals surface area contributed by atoms with Crippen molar-refractivity contribution in [1.29, 1.82) is 0 Å². The van der Waals surface area contributed by atoms with Gasteiger partial charge in [0.1, 0.15) is 6.61 Å². The molecule has 0 bridgehead atoms. The molecular formula is C9H16O5S2. The van der Waals surface area contributed by atoms with E-state index < -0.39 is 18.0 Å². The van der Waals surface area contributed by atoms with Gasteiger partial charge < -0.3 is 14.6 Å². The van der Waals surface area contributed by atoms with E-state index in [1.54, 1.807) is 0 Å². The molecule has 94 valence electrons. The van der Waals surface area contributed by atoms with E-state index in [1.807, 2.05) is 0 Å². The summed E-state index contributed by atoms with van der Waals surface area (Å²) < 4.78 is 9.60. The summed E-state index contributed by atoms with van der Waals surface area (Å²) in [6.07, 6.45) is -0.466. The molecule has 0 aromatic carbocycles. The molecule has 16 heavy (non-hydrogen) atoms. The number of esters is 2. The molecule has 0 rings (SSSR count). The van der Waals surface area contributed by atoms with Crippen LogP contribution in [-0.2, 0) is 19.1 Å². The fourth-order valence-electron chi connectivity index (χ4n) is 0.809. The Morgan fingerprint density at radius 1 is 1.12 bits per heavy atom. The van der Waals surface area contributed by atoms with Crippen LogP contribution in [0.3, 0.4) is 0 Å². The number of thiol groups is 2. The van der Waals surface area contributed by atoms with Gasteiger partial charge in [-0.3, -0.25) is 9.59 Å². The molecule has 5 nitrogen and oxygen atoms in total. The van der Waals surface area contributed by atoms with Crippen molar-refractivity contribution in [3.8, 4) is 0 Å². The first-order valence-electron chi connectivity index (χ1n) is 4.81. The number of aliphatic hydroxyl groups is 1. The molecule has 0 heterocycles. The molecule has 0 aromatic heterocycles.